The molecule has 0 aromatic rings. The summed E-state index contributed by atoms with van der Waals surface area (Å²) < 4.78 is 5.56. The predicted molar refractivity (Wildman–Crippen MR) is 68.2 cm³/mol. The van der Waals surface area contributed by atoms with E-state index in [-0.39, 0.29) is 18.3 Å². The molecule has 1 N–H and O–H groups in total. The highest BCUT2D eigenvalue weighted by atomic mass is 16.6. The van der Waals surface area contributed by atoms with Crippen LogP contribution < -0.4 is 0 Å². The lowest BCUT2D eigenvalue weighted by molar-refractivity contribution is -0.154. The quantitative estimate of drug-likeness (QED) is 0.572. The Bertz CT molecular complexity index is 567. The maximum Gasteiger partial charge on any atom is 0.334 e. The zero-order valence-corrected chi connectivity index (χ0v) is 10.9. The van der Waals surface area contributed by atoms with E-state index in [1.165, 1.54) is 6.08 Å². The molecule has 19 heavy (non-hydrogen) atoms. The van der Waals surface area contributed by atoms with Crippen molar-refractivity contribution in [1.29, 1.82) is 0 Å². The summed E-state index contributed by atoms with van der Waals surface area (Å²) in [4.78, 5) is 24.2. The number of rotatable bonds is 1. The van der Waals surface area contributed by atoms with Gasteiger partial charge in [0, 0.05) is 23.1 Å². The zero-order chi connectivity index (χ0) is 13.8. The number of allylic oxidation sites excluding steroid dienone is 2. The number of esters is 1. The van der Waals surface area contributed by atoms with Crippen LogP contribution in [-0.4, -0.2) is 29.1 Å². The fraction of sp³-hybridized carbons (Fsp3) is 0.467. The molecule has 100 valence electrons. The summed E-state index contributed by atoms with van der Waals surface area (Å²) in [5, 5.41) is 9.50. The van der Waals surface area contributed by atoms with Crippen LogP contribution in [0.2, 0.25) is 0 Å². The average molecular weight is 260 g/mol. The van der Waals surface area contributed by atoms with Gasteiger partial charge in [0.05, 0.1) is 6.61 Å². The lowest BCUT2D eigenvalue weighted by Gasteiger charge is -2.39. The van der Waals surface area contributed by atoms with Gasteiger partial charge in [0.15, 0.2) is 11.4 Å². The number of fused-ring (bicyclic) bond motifs is 1. The maximum atomic E-state index is 12.2. The van der Waals surface area contributed by atoms with Gasteiger partial charge in [-0.1, -0.05) is 12.2 Å². The number of carbonyl (C=O) groups excluding carboxylic acids is 2. The van der Waals surface area contributed by atoms with E-state index in [0.29, 0.717) is 23.1 Å². The van der Waals surface area contributed by atoms with Gasteiger partial charge in [0.2, 0.25) is 0 Å². The van der Waals surface area contributed by atoms with E-state index in [9.17, 15) is 14.7 Å². The third-order valence-corrected chi connectivity index (χ3v) is 4.49. The molecule has 0 amide bonds. The minimum Gasteiger partial charge on any atom is -0.446 e. The Morgan fingerprint density at radius 2 is 2.26 bits per heavy atom. The van der Waals surface area contributed by atoms with Crippen molar-refractivity contribution in [3.05, 3.63) is 34.9 Å². The minimum absolute atomic E-state index is 0.0227. The second-order valence-corrected chi connectivity index (χ2v) is 5.53. The fourth-order valence-corrected chi connectivity index (χ4v) is 3.48. The first-order valence-corrected chi connectivity index (χ1v) is 6.48. The van der Waals surface area contributed by atoms with Gasteiger partial charge in [-0.25, -0.2) is 4.79 Å². The Kier molecular flexibility index (Phi) is 2.54. The summed E-state index contributed by atoms with van der Waals surface area (Å²) in [6.45, 7) is 5.44. The normalized spacial score (nSPS) is 33.9. The van der Waals surface area contributed by atoms with Crippen molar-refractivity contribution in [2.24, 2.45) is 5.92 Å². The minimum atomic E-state index is -1.03. The molecule has 3 aliphatic rings. The van der Waals surface area contributed by atoms with Gasteiger partial charge in [0.25, 0.3) is 0 Å². The average Bonchev–Trinajstić information content (AvgIpc) is 2.55. The molecule has 0 aromatic heterocycles. The molecular formula is C15H16O4. The predicted octanol–water partition coefficient (Wildman–Crippen LogP) is 1.46. The number of aliphatic hydroxyl groups excluding tert-OH is 1. The van der Waals surface area contributed by atoms with E-state index < -0.39 is 11.6 Å². The van der Waals surface area contributed by atoms with Crippen molar-refractivity contribution >= 4 is 11.8 Å². The Balaban J connectivity index is 2.20. The summed E-state index contributed by atoms with van der Waals surface area (Å²) in [6, 6.07) is 0. The smallest absolute Gasteiger partial charge is 0.334 e. The molecule has 1 saturated heterocycles. The number of hydrogen-bond donors (Lipinski definition) is 1. The van der Waals surface area contributed by atoms with Gasteiger partial charge in [0.1, 0.15) is 0 Å². The number of ether oxygens (including phenoxy) is 1. The van der Waals surface area contributed by atoms with Crippen molar-refractivity contribution in [3.63, 3.8) is 0 Å². The van der Waals surface area contributed by atoms with Crippen LogP contribution in [0, 0.1) is 5.92 Å². The largest absolute Gasteiger partial charge is 0.446 e. The van der Waals surface area contributed by atoms with E-state index in [1.807, 2.05) is 6.92 Å². The molecule has 4 nitrogen and oxygen atoms in total. The van der Waals surface area contributed by atoms with Gasteiger partial charge in [-0.2, -0.15) is 0 Å². The number of ketones is 1. The zero-order valence-electron chi connectivity index (χ0n) is 10.9. The van der Waals surface area contributed by atoms with Crippen LogP contribution >= 0.6 is 0 Å². The SMILES string of the molecule is C=C1C(=O)OC23CC1CCC(C)=C2C(=O)C=C3CO. The lowest BCUT2D eigenvalue weighted by atomic mass is 9.77. The topological polar surface area (TPSA) is 63.6 Å². The third kappa shape index (κ3) is 1.49. The molecule has 2 unspecified atom stereocenters. The van der Waals surface area contributed by atoms with Crippen LogP contribution in [0.4, 0.5) is 0 Å². The molecule has 0 radical (unpaired) electrons. The van der Waals surface area contributed by atoms with E-state index in [1.54, 1.807) is 0 Å². The number of carbonyl (C=O) groups is 2. The highest BCUT2D eigenvalue weighted by Gasteiger charge is 2.55. The molecule has 3 rings (SSSR count). The summed E-state index contributed by atoms with van der Waals surface area (Å²) in [5.74, 6) is -0.561. The number of aliphatic hydroxyl groups is 1. The molecule has 1 spiro atoms. The first-order valence-electron chi connectivity index (χ1n) is 6.48. The third-order valence-electron chi connectivity index (χ3n) is 4.49. The highest BCUT2D eigenvalue weighted by Crippen LogP contribution is 2.51. The van der Waals surface area contributed by atoms with Crippen molar-refractivity contribution in [2.45, 2.75) is 31.8 Å². The molecule has 2 bridgehead atoms. The fourth-order valence-electron chi connectivity index (χ4n) is 3.48. The molecule has 1 fully saturated rings. The van der Waals surface area contributed by atoms with Gasteiger partial charge in [-0.3, -0.25) is 4.79 Å². The highest BCUT2D eigenvalue weighted by molar-refractivity contribution is 6.11. The second-order valence-electron chi connectivity index (χ2n) is 5.53. The molecule has 0 saturated carbocycles. The first-order chi connectivity index (χ1) is 8.99. The molecule has 4 heteroatoms. The van der Waals surface area contributed by atoms with E-state index in [0.717, 1.165) is 18.4 Å². The van der Waals surface area contributed by atoms with Gasteiger partial charge >= 0.3 is 5.97 Å². The summed E-state index contributed by atoms with van der Waals surface area (Å²) in [5.41, 5.74) is 1.46. The van der Waals surface area contributed by atoms with Crippen LogP contribution in [0.15, 0.2) is 34.9 Å². The summed E-state index contributed by atoms with van der Waals surface area (Å²) >= 11 is 0. The van der Waals surface area contributed by atoms with Crippen LogP contribution in [-0.2, 0) is 14.3 Å². The van der Waals surface area contributed by atoms with Crippen LogP contribution in [0.5, 0.6) is 0 Å². The Labute approximate surface area is 111 Å². The van der Waals surface area contributed by atoms with Crippen molar-refractivity contribution in [1.82, 2.24) is 0 Å². The van der Waals surface area contributed by atoms with E-state index >= 15 is 0 Å². The summed E-state index contributed by atoms with van der Waals surface area (Å²) in [7, 11) is 0. The summed E-state index contributed by atoms with van der Waals surface area (Å²) in [6.07, 6.45) is 3.51. The van der Waals surface area contributed by atoms with Crippen LogP contribution in [0.1, 0.15) is 26.2 Å². The maximum absolute atomic E-state index is 12.2. The van der Waals surface area contributed by atoms with Crippen molar-refractivity contribution in [2.75, 3.05) is 6.61 Å². The Morgan fingerprint density at radius 3 is 2.95 bits per heavy atom. The molecule has 1 aliphatic heterocycles. The van der Waals surface area contributed by atoms with E-state index in [4.69, 9.17) is 4.74 Å². The van der Waals surface area contributed by atoms with Crippen molar-refractivity contribution in [3.8, 4) is 0 Å². The monoisotopic (exact) mass is 260 g/mol. The second kappa shape index (κ2) is 3.90. The van der Waals surface area contributed by atoms with E-state index in [2.05, 4.69) is 6.58 Å². The molecule has 0 aromatic carbocycles. The molecule has 2 atom stereocenters. The van der Waals surface area contributed by atoms with Crippen LogP contribution in [0.25, 0.3) is 0 Å². The van der Waals surface area contributed by atoms with Gasteiger partial charge in [-0.15, -0.1) is 0 Å². The first kappa shape index (κ1) is 12.4. The van der Waals surface area contributed by atoms with Gasteiger partial charge < -0.3 is 9.84 Å². The van der Waals surface area contributed by atoms with Gasteiger partial charge in [-0.05, 0) is 31.8 Å². The Morgan fingerprint density at radius 1 is 1.53 bits per heavy atom. The molecule has 1 heterocycles. The standard InChI is InChI=1S/C15H16O4/c1-8-3-4-10-6-15(19-14(18)9(10)2)11(7-16)5-12(17)13(8)15/h5,10,16H,2-4,6-7H2,1H3. The Hall–Kier alpha value is -1.68. The molecule has 2 aliphatic carbocycles. The van der Waals surface area contributed by atoms with Crippen LogP contribution in [0.3, 0.4) is 0 Å². The molecular weight excluding hydrogens is 244 g/mol. The van der Waals surface area contributed by atoms with Crippen molar-refractivity contribution < 1.29 is 19.4 Å². The lowest BCUT2D eigenvalue weighted by Crippen LogP contribution is -2.45. The number of hydrogen-bond acceptors (Lipinski definition) is 4.